The number of rotatable bonds is 5. The minimum absolute atomic E-state index is 0. The van der Waals surface area contributed by atoms with E-state index in [4.69, 9.17) is 5.73 Å². The van der Waals surface area contributed by atoms with E-state index < -0.39 is 6.04 Å². The van der Waals surface area contributed by atoms with Crippen molar-refractivity contribution in [1.29, 1.82) is 0 Å². The molecule has 0 aromatic carbocycles. The van der Waals surface area contributed by atoms with Crippen molar-refractivity contribution in [3.05, 3.63) is 24.3 Å². The van der Waals surface area contributed by atoms with Crippen molar-refractivity contribution in [3.8, 4) is 0 Å². The number of carbonyl (C=O) groups excluding carboxylic acids is 1. The lowest BCUT2D eigenvalue weighted by Gasteiger charge is -2.21. The van der Waals surface area contributed by atoms with E-state index >= 15 is 0 Å². The summed E-state index contributed by atoms with van der Waals surface area (Å²) in [5, 5.41) is 0. The largest absolute Gasteiger partial charge is 0.338 e. The van der Waals surface area contributed by atoms with Crippen LogP contribution < -0.4 is 5.73 Å². The average molecular weight is 309 g/mol. The third kappa shape index (κ3) is 7.30. The van der Waals surface area contributed by atoms with Crippen molar-refractivity contribution in [2.75, 3.05) is 7.05 Å². The summed E-state index contributed by atoms with van der Waals surface area (Å²) in [5.74, 6) is 0.364. The van der Waals surface area contributed by atoms with Gasteiger partial charge in [0.25, 0.3) is 0 Å². The molecule has 110 valence electrons. The van der Waals surface area contributed by atoms with Crippen LogP contribution in [0.5, 0.6) is 0 Å². The highest BCUT2D eigenvalue weighted by Gasteiger charge is 2.19. The topological polar surface area (TPSA) is 72.1 Å². The Balaban J connectivity index is 0. The number of nitrogens with two attached hydrogens (primary N) is 1. The van der Waals surface area contributed by atoms with Gasteiger partial charge in [-0.1, -0.05) is 13.8 Å². The number of aromatic nitrogens is 2. The molecule has 1 aromatic rings. The predicted molar refractivity (Wildman–Crippen MR) is 80.4 cm³/mol. The molecule has 1 atom stereocenters. The molecular formula is C12H22Cl2N4O. The van der Waals surface area contributed by atoms with E-state index in [1.54, 1.807) is 30.5 Å². The van der Waals surface area contributed by atoms with Crippen LogP contribution in [0.15, 0.2) is 18.6 Å². The van der Waals surface area contributed by atoms with Gasteiger partial charge in [-0.15, -0.1) is 24.8 Å². The fraction of sp³-hybridized carbons (Fsp3) is 0.583. The normalized spacial score (nSPS) is 11.2. The van der Waals surface area contributed by atoms with Gasteiger partial charge < -0.3 is 10.6 Å². The molecule has 1 rings (SSSR count). The number of hydrogen-bond acceptors (Lipinski definition) is 4. The van der Waals surface area contributed by atoms with Gasteiger partial charge in [0.15, 0.2) is 0 Å². The van der Waals surface area contributed by atoms with E-state index in [0.29, 0.717) is 18.9 Å². The Labute approximate surface area is 126 Å². The predicted octanol–water partition coefficient (Wildman–Crippen LogP) is 1.65. The average Bonchev–Trinajstić information content (AvgIpc) is 2.28. The van der Waals surface area contributed by atoms with Gasteiger partial charge in [0.1, 0.15) is 0 Å². The minimum atomic E-state index is -0.434. The minimum Gasteiger partial charge on any atom is -0.338 e. The number of halogens is 2. The van der Waals surface area contributed by atoms with Gasteiger partial charge in [-0.05, 0) is 12.3 Å². The first kappa shape index (κ1) is 20.4. The van der Waals surface area contributed by atoms with Crippen LogP contribution in [0.1, 0.15) is 26.0 Å². The molecule has 0 unspecified atom stereocenters. The van der Waals surface area contributed by atoms with E-state index in [9.17, 15) is 4.79 Å². The monoisotopic (exact) mass is 308 g/mol. The molecule has 7 heteroatoms. The molecule has 1 heterocycles. The number of nitrogens with zero attached hydrogens (tertiary/aromatic N) is 3. The highest BCUT2D eigenvalue weighted by atomic mass is 35.5. The Morgan fingerprint density at radius 2 is 2.00 bits per heavy atom. The van der Waals surface area contributed by atoms with E-state index in [-0.39, 0.29) is 30.7 Å². The second-order valence-corrected chi connectivity index (χ2v) is 4.63. The molecule has 19 heavy (non-hydrogen) atoms. The van der Waals surface area contributed by atoms with Gasteiger partial charge in [0, 0.05) is 19.4 Å². The number of amides is 1. The molecule has 0 aliphatic rings. The van der Waals surface area contributed by atoms with Crippen LogP contribution in [0.25, 0.3) is 0 Å². The second-order valence-electron chi connectivity index (χ2n) is 4.63. The Morgan fingerprint density at radius 3 is 2.47 bits per heavy atom. The first-order valence-electron chi connectivity index (χ1n) is 5.76. The van der Waals surface area contributed by atoms with Crippen LogP contribution >= 0.6 is 24.8 Å². The van der Waals surface area contributed by atoms with Gasteiger partial charge in [-0.2, -0.15) is 0 Å². The number of carbonyl (C=O) groups is 1. The summed E-state index contributed by atoms with van der Waals surface area (Å²) in [4.78, 5) is 21.6. The van der Waals surface area contributed by atoms with Gasteiger partial charge in [-0.3, -0.25) is 14.8 Å². The third-order valence-corrected chi connectivity index (χ3v) is 2.43. The second kappa shape index (κ2) is 9.95. The zero-order valence-corrected chi connectivity index (χ0v) is 13.1. The third-order valence-electron chi connectivity index (χ3n) is 2.43. The quantitative estimate of drug-likeness (QED) is 0.898. The van der Waals surface area contributed by atoms with Gasteiger partial charge in [-0.25, -0.2) is 0 Å². The molecule has 0 bridgehead atoms. The van der Waals surface area contributed by atoms with E-state index in [1.165, 1.54) is 0 Å². The standard InChI is InChI=1S/C12H20N4O.2ClH/c1-9(2)6-11(13)12(17)16(3)8-10-7-14-4-5-15-10;;/h4-5,7,9,11H,6,8,13H2,1-3H3;2*1H/t11-;;/m0../s1. The Hall–Kier alpha value is -0.910. The molecule has 1 aromatic heterocycles. The molecule has 0 saturated carbocycles. The van der Waals surface area contributed by atoms with E-state index in [0.717, 1.165) is 5.69 Å². The molecule has 5 nitrogen and oxygen atoms in total. The van der Waals surface area contributed by atoms with Gasteiger partial charge >= 0.3 is 0 Å². The molecule has 0 radical (unpaired) electrons. The summed E-state index contributed by atoms with van der Waals surface area (Å²) < 4.78 is 0. The molecule has 2 N–H and O–H groups in total. The van der Waals surface area contributed by atoms with Crippen LogP contribution in [-0.4, -0.2) is 33.9 Å². The van der Waals surface area contributed by atoms with Crippen molar-refractivity contribution in [2.45, 2.75) is 32.9 Å². The lowest BCUT2D eigenvalue weighted by molar-refractivity contribution is -0.132. The maximum atomic E-state index is 11.9. The zero-order valence-electron chi connectivity index (χ0n) is 11.4. The zero-order chi connectivity index (χ0) is 12.8. The van der Waals surface area contributed by atoms with E-state index in [2.05, 4.69) is 23.8 Å². The molecule has 1 amide bonds. The Morgan fingerprint density at radius 1 is 1.37 bits per heavy atom. The van der Waals surface area contributed by atoms with E-state index in [1.807, 2.05) is 0 Å². The molecule has 0 fully saturated rings. The fourth-order valence-electron chi connectivity index (χ4n) is 1.62. The Kier molecular flexibility index (Phi) is 10.7. The lowest BCUT2D eigenvalue weighted by Crippen LogP contribution is -2.42. The smallest absolute Gasteiger partial charge is 0.239 e. The van der Waals surface area contributed by atoms with Crippen molar-refractivity contribution in [1.82, 2.24) is 14.9 Å². The lowest BCUT2D eigenvalue weighted by atomic mass is 10.0. The first-order chi connectivity index (χ1) is 8.00. The van der Waals surface area contributed by atoms with Crippen LogP contribution in [0.4, 0.5) is 0 Å². The maximum absolute atomic E-state index is 11.9. The fourth-order valence-corrected chi connectivity index (χ4v) is 1.62. The number of likely N-dealkylation sites (N-methyl/N-ethyl adjacent to an activating group) is 1. The molecule has 0 aliphatic heterocycles. The molecule has 0 aliphatic carbocycles. The summed E-state index contributed by atoms with van der Waals surface area (Å²) in [6, 6.07) is -0.434. The van der Waals surface area contributed by atoms with Crippen LogP contribution in [0.2, 0.25) is 0 Å². The van der Waals surface area contributed by atoms with Crippen LogP contribution in [-0.2, 0) is 11.3 Å². The highest BCUT2D eigenvalue weighted by Crippen LogP contribution is 2.06. The molecule has 0 spiro atoms. The Bertz CT molecular complexity index is 362. The van der Waals surface area contributed by atoms with Crippen LogP contribution in [0.3, 0.4) is 0 Å². The summed E-state index contributed by atoms with van der Waals surface area (Å²) in [6.45, 7) is 4.55. The molecular weight excluding hydrogens is 287 g/mol. The van der Waals surface area contributed by atoms with Gasteiger partial charge in [0.05, 0.1) is 24.5 Å². The molecule has 0 saturated heterocycles. The van der Waals surface area contributed by atoms with Gasteiger partial charge in [0.2, 0.25) is 5.91 Å². The van der Waals surface area contributed by atoms with Crippen molar-refractivity contribution in [2.24, 2.45) is 11.7 Å². The van der Waals surface area contributed by atoms with Crippen LogP contribution in [0, 0.1) is 5.92 Å². The number of hydrogen-bond donors (Lipinski definition) is 1. The summed E-state index contributed by atoms with van der Waals surface area (Å²) >= 11 is 0. The summed E-state index contributed by atoms with van der Waals surface area (Å²) in [5.41, 5.74) is 6.61. The maximum Gasteiger partial charge on any atom is 0.239 e. The first-order valence-corrected chi connectivity index (χ1v) is 5.76. The highest BCUT2D eigenvalue weighted by molar-refractivity contribution is 5.85. The van der Waals surface area contributed by atoms with Crippen molar-refractivity contribution < 1.29 is 4.79 Å². The summed E-state index contributed by atoms with van der Waals surface area (Å²) in [7, 11) is 1.73. The van der Waals surface area contributed by atoms with Crippen molar-refractivity contribution in [3.63, 3.8) is 0 Å². The SMILES string of the molecule is CC(C)C[C@H](N)C(=O)N(C)Cc1cnccn1.Cl.Cl. The van der Waals surface area contributed by atoms with Crippen molar-refractivity contribution >= 4 is 30.7 Å². The summed E-state index contributed by atoms with van der Waals surface area (Å²) in [6.07, 6.45) is 5.57.